The van der Waals surface area contributed by atoms with E-state index in [4.69, 9.17) is 8.83 Å². The van der Waals surface area contributed by atoms with Crippen molar-refractivity contribution < 1.29 is 8.83 Å². The normalized spacial score (nSPS) is 21.7. The lowest BCUT2D eigenvalue weighted by Crippen LogP contribution is -2.40. The predicted molar refractivity (Wildman–Crippen MR) is 92.5 cm³/mol. The molecule has 2 heterocycles. The second-order valence-corrected chi connectivity index (χ2v) is 7.61. The summed E-state index contributed by atoms with van der Waals surface area (Å²) in [5.74, 6) is 4.03. The largest absolute Gasteiger partial charge is 0.466 e. The highest BCUT2D eigenvalue weighted by molar-refractivity contribution is 7.99. The molecule has 0 saturated heterocycles. The minimum absolute atomic E-state index is 0.541. The van der Waals surface area contributed by atoms with E-state index in [2.05, 4.69) is 34.2 Å². The van der Waals surface area contributed by atoms with Crippen molar-refractivity contribution in [2.45, 2.75) is 64.3 Å². The van der Waals surface area contributed by atoms with Crippen LogP contribution in [-0.4, -0.2) is 27.2 Å². The van der Waals surface area contributed by atoms with Crippen LogP contribution in [0, 0.1) is 13.8 Å². The summed E-state index contributed by atoms with van der Waals surface area (Å²) in [7, 11) is 0. The van der Waals surface area contributed by atoms with Gasteiger partial charge >= 0.3 is 0 Å². The predicted octanol–water partition coefficient (Wildman–Crippen LogP) is 4.10. The SMILES string of the molecule is CCS[C@H]1CCCC[C@@H]1NCc1nnc(-c2cc(C)oc2C)o1. The van der Waals surface area contributed by atoms with Crippen molar-refractivity contribution in [3.05, 3.63) is 23.5 Å². The average molecular weight is 335 g/mol. The molecule has 0 bridgehead atoms. The molecule has 1 N–H and O–H groups in total. The zero-order valence-corrected chi connectivity index (χ0v) is 14.9. The monoisotopic (exact) mass is 335 g/mol. The van der Waals surface area contributed by atoms with Crippen LogP contribution in [0.4, 0.5) is 0 Å². The first-order valence-electron chi connectivity index (χ1n) is 8.42. The van der Waals surface area contributed by atoms with E-state index in [-0.39, 0.29) is 0 Å². The van der Waals surface area contributed by atoms with Gasteiger partial charge < -0.3 is 14.2 Å². The summed E-state index contributed by atoms with van der Waals surface area (Å²) in [5, 5.41) is 12.6. The molecule has 0 aliphatic heterocycles. The van der Waals surface area contributed by atoms with Gasteiger partial charge in [0.1, 0.15) is 11.5 Å². The Balaban J connectivity index is 1.61. The molecule has 0 amide bonds. The number of aromatic nitrogens is 2. The molecule has 5 nitrogen and oxygen atoms in total. The molecule has 0 aromatic carbocycles. The first-order chi connectivity index (χ1) is 11.2. The molecule has 3 rings (SSSR count). The van der Waals surface area contributed by atoms with Crippen LogP contribution in [0.1, 0.15) is 50.0 Å². The van der Waals surface area contributed by atoms with Crippen LogP contribution in [0.25, 0.3) is 11.5 Å². The third-order valence-electron chi connectivity index (χ3n) is 4.34. The highest BCUT2D eigenvalue weighted by Gasteiger charge is 2.25. The van der Waals surface area contributed by atoms with Crippen LogP contribution < -0.4 is 5.32 Å². The Hall–Kier alpha value is -1.27. The van der Waals surface area contributed by atoms with Gasteiger partial charge in [-0.05, 0) is 38.5 Å². The van der Waals surface area contributed by atoms with Gasteiger partial charge in [-0.25, -0.2) is 0 Å². The molecular formula is C17H25N3O2S. The maximum atomic E-state index is 5.80. The topological polar surface area (TPSA) is 64.1 Å². The Morgan fingerprint density at radius 2 is 2.04 bits per heavy atom. The molecule has 1 fully saturated rings. The minimum atomic E-state index is 0.541. The minimum Gasteiger partial charge on any atom is -0.466 e. The van der Waals surface area contributed by atoms with E-state index in [1.54, 1.807) is 0 Å². The lowest BCUT2D eigenvalue weighted by Gasteiger charge is -2.31. The lowest BCUT2D eigenvalue weighted by molar-refractivity contribution is 0.362. The standard InChI is InChI=1S/C17H25N3O2S/c1-4-23-15-8-6-5-7-14(15)18-10-16-19-20-17(22-16)13-9-11(2)21-12(13)3/h9,14-15,18H,4-8,10H2,1-3H3/t14-,15-/m0/s1. The van der Waals surface area contributed by atoms with Gasteiger partial charge in [0.25, 0.3) is 5.89 Å². The first kappa shape index (κ1) is 16.6. The van der Waals surface area contributed by atoms with E-state index in [1.165, 1.54) is 31.4 Å². The molecule has 2 aromatic rings. The van der Waals surface area contributed by atoms with Gasteiger partial charge in [0.15, 0.2) is 0 Å². The van der Waals surface area contributed by atoms with Gasteiger partial charge in [-0.3, -0.25) is 0 Å². The number of hydrogen-bond acceptors (Lipinski definition) is 6. The fourth-order valence-corrected chi connectivity index (χ4v) is 4.47. The Bertz CT molecular complexity index is 636. The van der Waals surface area contributed by atoms with Gasteiger partial charge in [-0.15, -0.1) is 10.2 Å². The number of nitrogens with zero attached hydrogens (tertiary/aromatic N) is 2. The highest BCUT2D eigenvalue weighted by Crippen LogP contribution is 2.29. The number of nitrogens with one attached hydrogen (secondary N) is 1. The summed E-state index contributed by atoms with van der Waals surface area (Å²) in [6.07, 6.45) is 5.19. The average Bonchev–Trinajstić information content (AvgIpc) is 3.13. The van der Waals surface area contributed by atoms with E-state index >= 15 is 0 Å². The molecule has 2 aromatic heterocycles. The molecule has 1 saturated carbocycles. The summed E-state index contributed by atoms with van der Waals surface area (Å²) in [5.41, 5.74) is 0.887. The number of hydrogen-bond donors (Lipinski definition) is 1. The van der Waals surface area contributed by atoms with Crippen molar-refractivity contribution in [3.8, 4) is 11.5 Å². The van der Waals surface area contributed by atoms with Crippen LogP contribution in [0.3, 0.4) is 0 Å². The third kappa shape index (κ3) is 3.98. The van der Waals surface area contributed by atoms with E-state index in [1.807, 2.05) is 19.9 Å². The van der Waals surface area contributed by atoms with Crippen molar-refractivity contribution in [2.24, 2.45) is 0 Å². The van der Waals surface area contributed by atoms with Crippen molar-refractivity contribution in [1.29, 1.82) is 0 Å². The molecular weight excluding hydrogens is 310 g/mol. The van der Waals surface area contributed by atoms with Gasteiger partial charge in [0.2, 0.25) is 5.89 Å². The second-order valence-electron chi connectivity index (χ2n) is 6.09. The molecule has 0 unspecified atom stereocenters. The Morgan fingerprint density at radius 3 is 2.78 bits per heavy atom. The van der Waals surface area contributed by atoms with Gasteiger partial charge in [-0.1, -0.05) is 19.8 Å². The lowest BCUT2D eigenvalue weighted by atomic mass is 9.95. The van der Waals surface area contributed by atoms with Crippen molar-refractivity contribution in [3.63, 3.8) is 0 Å². The fourth-order valence-electron chi connectivity index (χ4n) is 3.24. The number of thioether (sulfide) groups is 1. The number of rotatable bonds is 6. The Labute approximate surface area is 141 Å². The number of aryl methyl sites for hydroxylation is 2. The van der Waals surface area contributed by atoms with E-state index in [9.17, 15) is 0 Å². The third-order valence-corrected chi connectivity index (χ3v) is 5.66. The van der Waals surface area contributed by atoms with Crippen LogP contribution in [-0.2, 0) is 6.54 Å². The molecule has 1 aliphatic carbocycles. The van der Waals surface area contributed by atoms with Gasteiger partial charge in [-0.2, -0.15) is 11.8 Å². The highest BCUT2D eigenvalue weighted by atomic mass is 32.2. The number of furan rings is 1. The molecule has 2 atom stereocenters. The molecule has 1 aliphatic rings. The van der Waals surface area contributed by atoms with E-state index in [0.717, 1.165) is 17.1 Å². The smallest absolute Gasteiger partial charge is 0.251 e. The summed E-state index contributed by atoms with van der Waals surface area (Å²) in [6.45, 7) is 6.70. The van der Waals surface area contributed by atoms with Crippen molar-refractivity contribution >= 4 is 11.8 Å². The van der Waals surface area contributed by atoms with Crippen molar-refractivity contribution in [2.75, 3.05) is 5.75 Å². The summed E-state index contributed by atoms with van der Waals surface area (Å²) >= 11 is 2.06. The molecule has 6 heteroatoms. The van der Waals surface area contributed by atoms with Crippen LogP contribution in [0.2, 0.25) is 0 Å². The molecule has 23 heavy (non-hydrogen) atoms. The van der Waals surface area contributed by atoms with Crippen LogP contribution in [0.15, 0.2) is 14.9 Å². The van der Waals surface area contributed by atoms with Gasteiger partial charge in [0.05, 0.1) is 12.1 Å². The van der Waals surface area contributed by atoms with Crippen molar-refractivity contribution in [1.82, 2.24) is 15.5 Å². The maximum Gasteiger partial charge on any atom is 0.251 e. The molecule has 126 valence electrons. The zero-order valence-electron chi connectivity index (χ0n) is 14.1. The van der Waals surface area contributed by atoms with Crippen LogP contribution in [0.5, 0.6) is 0 Å². The van der Waals surface area contributed by atoms with Gasteiger partial charge in [0, 0.05) is 11.3 Å². The molecule has 0 radical (unpaired) electrons. The zero-order chi connectivity index (χ0) is 16.2. The second kappa shape index (κ2) is 7.53. The Kier molecular flexibility index (Phi) is 5.43. The summed E-state index contributed by atoms with van der Waals surface area (Å²) in [6, 6.07) is 2.48. The summed E-state index contributed by atoms with van der Waals surface area (Å²) < 4.78 is 11.3. The molecule has 0 spiro atoms. The maximum absolute atomic E-state index is 5.80. The fraction of sp³-hybridized carbons (Fsp3) is 0.647. The van der Waals surface area contributed by atoms with E-state index in [0.29, 0.717) is 29.6 Å². The van der Waals surface area contributed by atoms with E-state index < -0.39 is 0 Å². The van der Waals surface area contributed by atoms with Crippen LogP contribution >= 0.6 is 11.8 Å². The summed E-state index contributed by atoms with van der Waals surface area (Å²) in [4.78, 5) is 0. The first-order valence-corrected chi connectivity index (χ1v) is 9.47. The quantitative estimate of drug-likeness (QED) is 0.857. The Morgan fingerprint density at radius 1 is 1.22 bits per heavy atom.